The third-order valence-electron chi connectivity index (χ3n) is 6.65. The van der Waals surface area contributed by atoms with Crippen molar-refractivity contribution in [3.8, 4) is 0 Å². The van der Waals surface area contributed by atoms with Gasteiger partial charge < -0.3 is 5.32 Å². The smallest absolute Gasteiger partial charge is 0.244 e. The van der Waals surface area contributed by atoms with Gasteiger partial charge in [0, 0.05) is 11.1 Å². The number of likely N-dealkylation sites (tertiary alicyclic amines) is 1. The molecule has 3 amide bonds. The largest absolute Gasteiger partial charge is 0.324 e. The number of fused-ring (bicyclic) bond motifs is 2. The van der Waals surface area contributed by atoms with Gasteiger partial charge in [-0.25, -0.2) is 0 Å². The zero-order valence-corrected chi connectivity index (χ0v) is 17.2. The van der Waals surface area contributed by atoms with Crippen molar-refractivity contribution in [2.75, 3.05) is 11.9 Å². The summed E-state index contributed by atoms with van der Waals surface area (Å²) >= 11 is 0. The standard InChI is InChI=1S/C26H24N2O3/c29-24(27-23-12-6-10-18-9-4-5-11-20(18)23)16-28-25(30)21-14-13-19(15-22(21)26(28)31)17-7-2-1-3-8-17/h1-12,19,21-22H,13-16H2,(H,27,29)/t19-,21+,22-/m1/s1. The minimum absolute atomic E-state index is 0.199. The van der Waals surface area contributed by atoms with Crippen LogP contribution >= 0.6 is 0 Å². The van der Waals surface area contributed by atoms with Gasteiger partial charge in [0.05, 0.1) is 11.8 Å². The van der Waals surface area contributed by atoms with Crippen LogP contribution in [0.1, 0.15) is 30.7 Å². The summed E-state index contributed by atoms with van der Waals surface area (Å²) in [7, 11) is 0. The average molecular weight is 412 g/mol. The van der Waals surface area contributed by atoms with Gasteiger partial charge >= 0.3 is 0 Å². The summed E-state index contributed by atoms with van der Waals surface area (Å²) in [5.74, 6) is -1.09. The van der Waals surface area contributed by atoms with E-state index < -0.39 is 0 Å². The number of imide groups is 1. The molecule has 1 aliphatic carbocycles. The lowest BCUT2D eigenvalue weighted by atomic mass is 9.73. The van der Waals surface area contributed by atoms with E-state index in [4.69, 9.17) is 0 Å². The topological polar surface area (TPSA) is 66.5 Å². The van der Waals surface area contributed by atoms with Crippen LogP contribution in [0.5, 0.6) is 0 Å². The Kier molecular flexibility index (Phi) is 5.02. The molecule has 1 heterocycles. The van der Waals surface area contributed by atoms with E-state index in [0.717, 1.165) is 17.2 Å². The lowest BCUT2D eigenvalue weighted by Gasteiger charge is -2.28. The van der Waals surface area contributed by atoms with E-state index >= 15 is 0 Å². The molecule has 0 radical (unpaired) electrons. The minimum atomic E-state index is -0.351. The fourth-order valence-electron chi connectivity index (χ4n) is 5.10. The van der Waals surface area contributed by atoms with Crippen molar-refractivity contribution in [1.29, 1.82) is 0 Å². The number of hydrogen-bond donors (Lipinski definition) is 1. The van der Waals surface area contributed by atoms with Gasteiger partial charge in [0.15, 0.2) is 0 Å². The Balaban J connectivity index is 1.29. The van der Waals surface area contributed by atoms with Gasteiger partial charge in [0.25, 0.3) is 0 Å². The highest BCUT2D eigenvalue weighted by molar-refractivity contribution is 6.10. The molecule has 1 N–H and O–H groups in total. The van der Waals surface area contributed by atoms with Crippen molar-refractivity contribution in [1.82, 2.24) is 4.90 Å². The van der Waals surface area contributed by atoms with Gasteiger partial charge in [-0.05, 0) is 42.2 Å². The molecule has 31 heavy (non-hydrogen) atoms. The normalized spacial score (nSPS) is 23.1. The van der Waals surface area contributed by atoms with E-state index in [2.05, 4.69) is 17.4 Å². The van der Waals surface area contributed by atoms with Crippen molar-refractivity contribution >= 4 is 34.2 Å². The quantitative estimate of drug-likeness (QED) is 0.648. The molecular formula is C26H24N2O3. The highest BCUT2D eigenvalue weighted by Gasteiger charge is 2.50. The number of carbonyl (C=O) groups is 3. The number of amides is 3. The maximum atomic E-state index is 13.1. The van der Waals surface area contributed by atoms with Crippen molar-refractivity contribution in [3.63, 3.8) is 0 Å². The molecule has 156 valence electrons. The Bertz CT molecular complexity index is 1150. The number of carbonyl (C=O) groups excluding carboxylic acids is 3. The SMILES string of the molecule is O=C(CN1C(=O)[C@H]2CC[C@@H](c3ccccc3)C[C@H]2C1=O)Nc1cccc2ccccc12. The molecule has 5 nitrogen and oxygen atoms in total. The van der Waals surface area contributed by atoms with Crippen LogP contribution in [0, 0.1) is 11.8 Å². The number of rotatable bonds is 4. The van der Waals surface area contributed by atoms with Gasteiger partial charge in [-0.15, -0.1) is 0 Å². The first-order valence-electron chi connectivity index (χ1n) is 10.8. The fourth-order valence-corrected chi connectivity index (χ4v) is 5.10. The predicted octanol–water partition coefficient (Wildman–Crippen LogP) is 4.35. The minimum Gasteiger partial charge on any atom is -0.324 e. The molecule has 2 fully saturated rings. The zero-order valence-electron chi connectivity index (χ0n) is 17.2. The second-order valence-corrected chi connectivity index (χ2v) is 8.47. The summed E-state index contributed by atoms with van der Waals surface area (Å²) in [6.45, 7) is -0.232. The number of hydrogen-bond acceptors (Lipinski definition) is 3. The van der Waals surface area contributed by atoms with Gasteiger partial charge in [-0.1, -0.05) is 66.7 Å². The molecule has 1 aliphatic heterocycles. The molecule has 1 saturated heterocycles. The number of nitrogens with one attached hydrogen (secondary N) is 1. The third-order valence-corrected chi connectivity index (χ3v) is 6.65. The van der Waals surface area contributed by atoms with Gasteiger partial charge in [0.2, 0.25) is 17.7 Å². The summed E-state index contributed by atoms with van der Waals surface area (Å²) in [6.07, 6.45) is 2.25. The van der Waals surface area contributed by atoms with Crippen LogP contribution < -0.4 is 5.32 Å². The summed E-state index contributed by atoms with van der Waals surface area (Å²) in [6, 6.07) is 23.6. The van der Waals surface area contributed by atoms with Crippen molar-refractivity contribution in [2.45, 2.75) is 25.2 Å². The summed E-state index contributed by atoms with van der Waals surface area (Å²) in [4.78, 5) is 39.9. The highest BCUT2D eigenvalue weighted by Crippen LogP contribution is 2.44. The van der Waals surface area contributed by atoms with E-state index in [0.29, 0.717) is 18.5 Å². The summed E-state index contributed by atoms with van der Waals surface area (Å²) in [5, 5.41) is 4.83. The molecule has 2 aliphatic rings. The first kappa shape index (κ1) is 19.5. The first-order valence-corrected chi connectivity index (χ1v) is 10.8. The molecule has 0 bridgehead atoms. The lowest BCUT2D eigenvalue weighted by molar-refractivity contribution is -0.142. The second-order valence-electron chi connectivity index (χ2n) is 8.47. The van der Waals surface area contributed by atoms with Crippen molar-refractivity contribution in [3.05, 3.63) is 78.4 Å². The van der Waals surface area contributed by atoms with Crippen LogP contribution in [-0.4, -0.2) is 29.2 Å². The first-order chi connectivity index (χ1) is 15.1. The van der Waals surface area contributed by atoms with Crippen LogP contribution in [0.25, 0.3) is 10.8 Å². The molecular weight excluding hydrogens is 388 g/mol. The molecule has 0 unspecified atom stereocenters. The summed E-state index contributed by atoms with van der Waals surface area (Å²) < 4.78 is 0. The van der Waals surface area contributed by atoms with Crippen LogP contribution in [0.3, 0.4) is 0 Å². The van der Waals surface area contributed by atoms with Crippen LogP contribution in [0.4, 0.5) is 5.69 Å². The molecule has 0 aromatic heterocycles. The van der Waals surface area contributed by atoms with Crippen LogP contribution in [-0.2, 0) is 14.4 Å². The third kappa shape index (κ3) is 3.61. The molecule has 1 saturated carbocycles. The maximum Gasteiger partial charge on any atom is 0.244 e. The van der Waals surface area contributed by atoms with Crippen molar-refractivity contribution in [2.24, 2.45) is 11.8 Å². The van der Waals surface area contributed by atoms with Crippen molar-refractivity contribution < 1.29 is 14.4 Å². The molecule has 5 rings (SSSR count). The van der Waals surface area contributed by atoms with Crippen LogP contribution in [0.15, 0.2) is 72.8 Å². The van der Waals surface area contributed by atoms with E-state index in [9.17, 15) is 14.4 Å². The Labute approximate surface area is 181 Å². The molecule has 3 atom stereocenters. The number of anilines is 1. The molecule has 3 aromatic rings. The average Bonchev–Trinajstić information content (AvgIpc) is 3.04. The zero-order chi connectivity index (χ0) is 21.4. The van der Waals surface area contributed by atoms with Crippen LogP contribution in [0.2, 0.25) is 0 Å². The summed E-state index contributed by atoms with van der Waals surface area (Å²) in [5.41, 5.74) is 1.90. The number of benzene rings is 3. The fraction of sp³-hybridized carbons (Fsp3) is 0.269. The van der Waals surface area contributed by atoms with E-state index in [1.165, 1.54) is 10.5 Å². The Morgan fingerprint density at radius 2 is 1.55 bits per heavy atom. The Hall–Kier alpha value is -3.47. The van der Waals surface area contributed by atoms with E-state index in [1.807, 2.05) is 60.7 Å². The Morgan fingerprint density at radius 1 is 0.839 bits per heavy atom. The molecule has 3 aromatic carbocycles. The lowest BCUT2D eigenvalue weighted by Crippen LogP contribution is -2.38. The molecule has 0 spiro atoms. The monoisotopic (exact) mass is 412 g/mol. The molecule has 5 heteroatoms. The second kappa shape index (κ2) is 7.99. The van der Waals surface area contributed by atoms with Gasteiger partial charge in [-0.3, -0.25) is 19.3 Å². The van der Waals surface area contributed by atoms with E-state index in [-0.39, 0.29) is 42.0 Å². The van der Waals surface area contributed by atoms with Gasteiger partial charge in [0.1, 0.15) is 6.54 Å². The van der Waals surface area contributed by atoms with Gasteiger partial charge in [-0.2, -0.15) is 0 Å². The predicted molar refractivity (Wildman–Crippen MR) is 119 cm³/mol. The Morgan fingerprint density at radius 3 is 2.39 bits per heavy atom. The maximum absolute atomic E-state index is 13.1. The highest BCUT2D eigenvalue weighted by atomic mass is 16.2. The number of nitrogens with zero attached hydrogens (tertiary/aromatic N) is 1. The van der Waals surface area contributed by atoms with E-state index in [1.54, 1.807) is 0 Å².